The molecule has 10 heteroatoms. The van der Waals surface area contributed by atoms with Crippen LogP contribution in [0.3, 0.4) is 0 Å². The lowest BCUT2D eigenvalue weighted by molar-refractivity contribution is 0.484. The van der Waals surface area contributed by atoms with E-state index in [0.717, 1.165) is 0 Å². The van der Waals surface area contributed by atoms with Crippen molar-refractivity contribution in [2.24, 2.45) is 0 Å². The lowest BCUT2D eigenvalue weighted by Gasteiger charge is -2.09. The second-order valence-electron chi connectivity index (χ2n) is 3.44. The van der Waals surface area contributed by atoms with Crippen LogP contribution in [-0.4, -0.2) is 28.4 Å². The summed E-state index contributed by atoms with van der Waals surface area (Å²) in [7, 11) is -4.56. The van der Waals surface area contributed by atoms with Gasteiger partial charge in [0.15, 0.2) is 5.15 Å². The third kappa shape index (κ3) is 2.61. The van der Waals surface area contributed by atoms with Gasteiger partial charge in [0.25, 0.3) is 10.1 Å². The summed E-state index contributed by atoms with van der Waals surface area (Å²) < 4.78 is 32.0. The third-order valence-electron chi connectivity index (χ3n) is 2.22. The molecular weight excluding hydrogens is 315 g/mol. The summed E-state index contributed by atoms with van der Waals surface area (Å²) >= 11 is 11.6. The van der Waals surface area contributed by atoms with Gasteiger partial charge in [0.1, 0.15) is 15.6 Å². The molecule has 1 aromatic heterocycles. The van der Waals surface area contributed by atoms with Gasteiger partial charge < -0.3 is 5.73 Å². The number of hydrogen-bond acceptors (Lipinski definition) is 6. The molecule has 0 aliphatic heterocycles. The summed E-state index contributed by atoms with van der Waals surface area (Å²) in [6, 6.07) is 4.16. The molecule has 3 N–H and O–H groups in total. The quantitative estimate of drug-likeness (QED) is 0.638. The zero-order chi connectivity index (χ0) is 14.2. The Balaban J connectivity index is 2.84. The molecule has 0 bridgehead atoms. The van der Waals surface area contributed by atoms with E-state index in [2.05, 4.69) is 15.4 Å². The topological polar surface area (TPSA) is 119 Å². The van der Waals surface area contributed by atoms with Gasteiger partial charge >= 0.3 is 0 Å². The number of hydrogen-bond donors (Lipinski definition) is 2. The predicted octanol–water partition coefficient (Wildman–Crippen LogP) is 1.67. The van der Waals surface area contributed by atoms with Crippen molar-refractivity contribution >= 4 is 39.0 Å². The third-order valence-corrected chi connectivity index (χ3v) is 3.92. The highest BCUT2D eigenvalue weighted by molar-refractivity contribution is 7.86. The van der Waals surface area contributed by atoms with Crippen molar-refractivity contribution in [2.45, 2.75) is 4.90 Å². The Morgan fingerprint density at radius 3 is 2.53 bits per heavy atom. The van der Waals surface area contributed by atoms with E-state index < -0.39 is 15.0 Å². The van der Waals surface area contributed by atoms with Gasteiger partial charge in [-0.05, 0) is 11.3 Å². The molecule has 0 fully saturated rings. The Labute approximate surface area is 118 Å². The lowest BCUT2D eigenvalue weighted by atomic mass is 10.1. The van der Waals surface area contributed by atoms with Gasteiger partial charge in [-0.3, -0.25) is 4.55 Å². The maximum absolute atomic E-state index is 11.4. The first-order valence-corrected chi connectivity index (χ1v) is 6.92. The van der Waals surface area contributed by atoms with Crippen LogP contribution in [0.1, 0.15) is 0 Å². The van der Waals surface area contributed by atoms with Crippen LogP contribution in [0.5, 0.6) is 0 Å². The van der Waals surface area contributed by atoms with Gasteiger partial charge in [-0.15, -0.1) is 10.2 Å². The number of anilines is 1. The van der Waals surface area contributed by atoms with Crippen LogP contribution in [0, 0.1) is 0 Å². The number of halogens is 2. The highest BCUT2D eigenvalue weighted by Gasteiger charge is 2.23. The standard InChI is InChI=1S/C9H6Cl2N4O3S/c10-6-7(13-15-14-9(6)11)4-2-1-3-5(12)8(4)19(16,17)18/h1-3H,12H2,(H,16,17,18). The summed E-state index contributed by atoms with van der Waals surface area (Å²) in [6.07, 6.45) is 0. The number of aromatic nitrogens is 3. The Morgan fingerprint density at radius 1 is 1.21 bits per heavy atom. The molecule has 0 radical (unpaired) electrons. The molecule has 0 unspecified atom stereocenters. The van der Waals surface area contributed by atoms with Crippen LogP contribution in [0.2, 0.25) is 10.2 Å². The first kappa shape index (κ1) is 13.9. The van der Waals surface area contributed by atoms with Crippen molar-refractivity contribution < 1.29 is 13.0 Å². The first-order valence-electron chi connectivity index (χ1n) is 4.73. The number of benzene rings is 1. The summed E-state index contributed by atoms with van der Waals surface area (Å²) in [4.78, 5) is -0.506. The average Bonchev–Trinajstić information content (AvgIpc) is 2.30. The molecule has 7 nitrogen and oxygen atoms in total. The average molecular weight is 321 g/mol. The van der Waals surface area contributed by atoms with Gasteiger partial charge in [0, 0.05) is 5.56 Å². The molecule has 0 saturated heterocycles. The Hall–Kier alpha value is -1.48. The van der Waals surface area contributed by atoms with Crippen molar-refractivity contribution in [1.29, 1.82) is 0 Å². The first-order chi connectivity index (χ1) is 8.82. The molecule has 2 rings (SSSR count). The van der Waals surface area contributed by atoms with E-state index in [1.54, 1.807) is 0 Å². The van der Waals surface area contributed by atoms with Crippen molar-refractivity contribution in [1.82, 2.24) is 15.4 Å². The monoisotopic (exact) mass is 320 g/mol. The number of nitrogen functional groups attached to an aromatic ring is 1. The summed E-state index contributed by atoms with van der Waals surface area (Å²) in [5.74, 6) is 0. The van der Waals surface area contributed by atoms with E-state index in [9.17, 15) is 13.0 Å². The van der Waals surface area contributed by atoms with E-state index in [0.29, 0.717) is 0 Å². The summed E-state index contributed by atoms with van der Waals surface area (Å²) in [6.45, 7) is 0. The molecule has 0 saturated carbocycles. The molecule has 0 aliphatic rings. The van der Waals surface area contributed by atoms with Gasteiger partial charge in [0.2, 0.25) is 0 Å². The molecule has 0 amide bonds. The zero-order valence-electron chi connectivity index (χ0n) is 9.08. The van der Waals surface area contributed by atoms with E-state index in [4.69, 9.17) is 28.9 Å². The normalized spacial score (nSPS) is 11.5. The zero-order valence-corrected chi connectivity index (χ0v) is 11.4. The fraction of sp³-hybridized carbons (Fsp3) is 0. The van der Waals surface area contributed by atoms with Crippen molar-refractivity contribution in [2.75, 3.05) is 5.73 Å². The van der Waals surface area contributed by atoms with Crippen LogP contribution in [-0.2, 0) is 10.1 Å². The van der Waals surface area contributed by atoms with Crippen LogP contribution in [0.4, 0.5) is 5.69 Å². The lowest BCUT2D eigenvalue weighted by Crippen LogP contribution is -2.06. The van der Waals surface area contributed by atoms with Gasteiger partial charge in [-0.1, -0.05) is 35.3 Å². The van der Waals surface area contributed by atoms with Crippen molar-refractivity contribution in [3.63, 3.8) is 0 Å². The fourth-order valence-electron chi connectivity index (χ4n) is 1.49. The number of nitrogens with zero attached hydrogens (tertiary/aromatic N) is 3. The minimum Gasteiger partial charge on any atom is -0.398 e. The maximum atomic E-state index is 11.4. The van der Waals surface area contributed by atoms with E-state index >= 15 is 0 Å². The molecule has 0 aliphatic carbocycles. The fourth-order valence-corrected chi connectivity index (χ4v) is 2.60. The SMILES string of the molecule is Nc1cccc(-c2nnnc(Cl)c2Cl)c1S(=O)(=O)O. The Kier molecular flexibility index (Phi) is 3.59. The number of nitrogens with two attached hydrogens (primary N) is 1. The smallest absolute Gasteiger partial charge is 0.297 e. The Bertz CT molecular complexity index is 751. The molecule has 1 aromatic carbocycles. The molecule has 19 heavy (non-hydrogen) atoms. The highest BCUT2D eigenvalue weighted by atomic mass is 35.5. The second-order valence-corrected chi connectivity index (χ2v) is 5.54. The minimum absolute atomic E-state index is 0.00991. The predicted molar refractivity (Wildman–Crippen MR) is 69.5 cm³/mol. The van der Waals surface area contributed by atoms with E-state index in [-0.39, 0.29) is 27.1 Å². The molecular formula is C9H6Cl2N4O3S. The maximum Gasteiger partial charge on any atom is 0.297 e. The minimum atomic E-state index is -4.56. The second kappa shape index (κ2) is 4.89. The van der Waals surface area contributed by atoms with Crippen molar-refractivity contribution in [3.8, 4) is 11.3 Å². The molecule has 0 spiro atoms. The molecule has 2 aromatic rings. The van der Waals surface area contributed by atoms with Crippen LogP contribution >= 0.6 is 23.2 Å². The molecule has 1 heterocycles. The van der Waals surface area contributed by atoms with E-state index in [1.807, 2.05) is 0 Å². The van der Waals surface area contributed by atoms with Gasteiger partial charge in [0.05, 0.1) is 5.69 Å². The molecule has 100 valence electrons. The summed E-state index contributed by atoms with van der Waals surface area (Å²) in [5.41, 5.74) is 5.36. The summed E-state index contributed by atoms with van der Waals surface area (Å²) in [5, 5.41) is 10.1. The van der Waals surface area contributed by atoms with Crippen LogP contribution in [0.15, 0.2) is 23.1 Å². The number of rotatable bonds is 2. The molecule has 0 atom stereocenters. The van der Waals surface area contributed by atoms with Crippen molar-refractivity contribution in [3.05, 3.63) is 28.4 Å². The largest absolute Gasteiger partial charge is 0.398 e. The van der Waals surface area contributed by atoms with Gasteiger partial charge in [-0.2, -0.15) is 8.42 Å². The van der Waals surface area contributed by atoms with Gasteiger partial charge in [-0.25, -0.2) is 0 Å². The highest BCUT2D eigenvalue weighted by Crippen LogP contribution is 2.35. The van der Waals surface area contributed by atoms with Crippen LogP contribution in [0.25, 0.3) is 11.3 Å². The Morgan fingerprint density at radius 2 is 1.89 bits per heavy atom. The van der Waals surface area contributed by atoms with Crippen LogP contribution < -0.4 is 5.73 Å². The van der Waals surface area contributed by atoms with E-state index in [1.165, 1.54) is 18.2 Å².